The molecule has 3 nitrogen and oxygen atoms in total. The van der Waals surface area contributed by atoms with Crippen molar-refractivity contribution < 1.29 is 0 Å². The molecule has 2 aromatic carbocycles. The molecule has 0 fully saturated rings. The zero-order valence-corrected chi connectivity index (χ0v) is 13.3. The Balaban J connectivity index is 1.89. The molecule has 0 amide bonds. The predicted octanol–water partition coefficient (Wildman–Crippen LogP) is 3.56. The molecule has 1 unspecified atom stereocenters. The third-order valence-corrected chi connectivity index (χ3v) is 3.71. The van der Waals surface area contributed by atoms with E-state index in [-0.39, 0.29) is 0 Å². The molecule has 0 spiro atoms. The van der Waals surface area contributed by atoms with E-state index in [0.717, 1.165) is 25.2 Å². The number of likely N-dealkylation sites (N-methyl/N-ethyl adjacent to an activating group) is 1. The first kappa shape index (κ1) is 16.1. The predicted molar refractivity (Wildman–Crippen MR) is 91.8 cm³/mol. The average molecular weight is 293 g/mol. The van der Waals surface area contributed by atoms with Crippen LogP contribution in [0.4, 0.5) is 5.69 Å². The fourth-order valence-corrected chi connectivity index (χ4v) is 2.49. The van der Waals surface area contributed by atoms with Crippen LogP contribution in [0.3, 0.4) is 0 Å². The molecule has 0 aliphatic rings. The highest BCUT2D eigenvalue weighted by atomic mass is 15.1. The molecule has 3 heteroatoms. The van der Waals surface area contributed by atoms with Crippen LogP contribution in [0.15, 0.2) is 54.6 Å². The summed E-state index contributed by atoms with van der Waals surface area (Å²) in [4.78, 5) is 2.36. The Hall–Kier alpha value is -2.31. The Kier molecular flexibility index (Phi) is 6.00. The molecule has 1 N–H and O–H groups in total. The first-order valence-corrected chi connectivity index (χ1v) is 7.75. The van der Waals surface area contributed by atoms with Crippen molar-refractivity contribution >= 4 is 5.69 Å². The summed E-state index contributed by atoms with van der Waals surface area (Å²) in [5, 5.41) is 12.5. The van der Waals surface area contributed by atoms with Crippen molar-refractivity contribution in [2.75, 3.05) is 18.0 Å². The first-order chi connectivity index (χ1) is 10.7. The fraction of sp³-hybridized carbons (Fsp3) is 0.316. The second kappa shape index (κ2) is 8.21. The summed E-state index contributed by atoms with van der Waals surface area (Å²) in [5.41, 5.74) is 3.12. The summed E-state index contributed by atoms with van der Waals surface area (Å²) >= 11 is 0. The van der Waals surface area contributed by atoms with Gasteiger partial charge in [0.1, 0.15) is 0 Å². The largest absolute Gasteiger partial charge is 0.370 e. The molecule has 2 rings (SSSR count). The lowest BCUT2D eigenvalue weighted by Crippen LogP contribution is -2.39. The smallest absolute Gasteiger partial charge is 0.0991 e. The van der Waals surface area contributed by atoms with Crippen molar-refractivity contribution in [3.05, 3.63) is 65.7 Å². The monoisotopic (exact) mass is 293 g/mol. The highest BCUT2D eigenvalue weighted by Gasteiger charge is 2.09. The molecule has 0 heterocycles. The lowest BCUT2D eigenvalue weighted by molar-refractivity contribution is 0.538. The number of nitrogens with one attached hydrogen (secondary N) is 1. The maximum atomic E-state index is 8.94. The molecule has 0 aliphatic carbocycles. The van der Waals surface area contributed by atoms with Gasteiger partial charge in [-0.3, -0.25) is 0 Å². The van der Waals surface area contributed by atoms with Crippen LogP contribution in [0.2, 0.25) is 0 Å². The minimum absolute atomic E-state index is 0.367. The van der Waals surface area contributed by atoms with Crippen molar-refractivity contribution in [3.63, 3.8) is 0 Å². The van der Waals surface area contributed by atoms with Gasteiger partial charge in [0.2, 0.25) is 0 Å². The van der Waals surface area contributed by atoms with Crippen molar-refractivity contribution in [2.45, 2.75) is 26.4 Å². The first-order valence-electron chi connectivity index (χ1n) is 7.75. The van der Waals surface area contributed by atoms with E-state index in [0.29, 0.717) is 11.6 Å². The van der Waals surface area contributed by atoms with E-state index in [1.807, 2.05) is 24.3 Å². The van der Waals surface area contributed by atoms with E-state index in [1.165, 1.54) is 5.69 Å². The van der Waals surface area contributed by atoms with Gasteiger partial charge in [-0.1, -0.05) is 30.3 Å². The number of benzene rings is 2. The number of nitriles is 1. The highest BCUT2D eigenvalue weighted by Crippen LogP contribution is 2.13. The molecule has 0 saturated heterocycles. The van der Waals surface area contributed by atoms with Crippen LogP contribution in [0, 0.1) is 11.3 Å². The number of anilines is 1. The second-order valence-corrected chi connectivity index (χ2v) is 5.47. The van der Waals surface area contributed by atoms with E-state index < -0.39 is 0 Å². The van der Waals surface area contributed by atoms with Gasteiger partial charge in [0, 0.05) is 31.4 Å². The summed E-state index contributed by atoms with van der Waals surface area (Å²) in [6.45, 7) is 7.09. The number of hydrogen-bond acceptors (Lipinski definition) is 3. The normalized spacial score (nSPS) is 11.7. The van der Waals surface area contributed by atoms with Gasteiger partial charge in [-0.2, -0.15) is 5.26 Å². The summed E-state index contributed by atoms with van der Waals surface area (Å²) in [7, 11) is 0. The summed E-state index contributed by atoms with van der Waals surface area (Å²) in [5.74, 6) is 0. The SMILES string of the molecule is CCN(CC(C)NCc1cccc(C#N)c1)c1ccccc1. The van der Waals surface area contributed by atoms with E-state index in [1.54, 1.807) is 0 Å². The lowest BCUT2D eigenvalue weighted by atomic mass is 10.1. The molecular weight excluding hydrogens is 270 g/mol. The standard InChI is InChI=1S/C19H23N3/c1-3-22(19-10-5-4-6-11-19)15-16(2)21-14-18-9-7-8-17(12-18)13-20/h4-12,16,21H,3,14-15H2,1-2H3. The fourth-order valence-electron chi connectivity index (χ4n) is 2.49. The van der Waals surface area contributed by atoms with Crippen LogP contribution in [0.25, 0.3) is 0 Å². The third kappa shape index (κ3) is 4.61. The van der Waals surface area contributed by atoms with Crippen LogP contribution in [0.1, 0.15) is 25.0 Å². The second-order valence-electron chi connectivity index (χ2n) is 5.47. The molecule has 1 atom stereocenters. The van der Waals surface area contributed by atoms with E-state index >= 15 is 0 Å². The van der Waals surface area contributed by atoms with Crippen LogP contribution in [-0.4, -0.2) is 19.1 Å². The quantitative estimate of drug-likeness (QED) is 0.848. The van der Waals surface area contributed by atoms with Crippen LogP contribution >= 0.6 is 0 Å². The van der Waals surface area contributed by atoms with Gasteiger partial charge in [-0.05, 0) is 43.7 Å². The van der Waals surface area contributed by atoms with E-state index in [2.05, 4.69) is 60.5 Å². The Morgan fingerprint density at radius 3 is 2.59 bits per heavy atom. The molecule has 0 aliphatic heterocycles. The summed E-state index contributed by atoms with van der Waals surface area (Å²) in [6, 6.07) is 20.8. The maximum absolute atomic E-state index is 8.94. The Morgan fingerprint density at radius 2 is 1.91 bits per heavy atom. The number of nitrogens with zero attached hydrogens (tertiary/aromatic N) is 2. The molecule has 114 valence electrons. The van der Waals surface area contributed by atoms with Gasteiger partial charge in [0.05, 0.1) is 11.6 Å². The summed E-state index contributed by atoms with van der Waals surface area (Å²) < 4.78 is 0. The average Bonchev–Trinajstić information content (AvgIpc) is 2.58. The molecular formula is C19H23N3. The number of para-hydroxylation sites is 1. The third-order valence-electron chi connectivity index (χ3n) is 3.71. The molecule has 0 bridgehead atoms. The summed E-state index contributed by atoms with van der Waals surface area (Å²) in [6.07, 6.45) is 0. The zero-order chi connectivity index (χ0) is 15.8. The topological polar surface area (TPSA) is 39.1 Å². The van der Waals surface area contributed by atoms with Gasteiger partial charge in [0.15, 0.2) is 0 Å². The van der Waals surface area contributed by atoms with Gasteiger partial charge < -0.3 is 10.2 Å². The molecule has 2 aromatic rings. The van der Waals surface area contributed by atoms with Crippen molar-refractivity contribution in [2.24, 2.45) is 0 Å². The van der Waals surface area contributed by atoms with Gasteiger partial charge in [0.25, 0.3) is 0 Å². The van der Waals surface area contributed by atoms with Crippen molar-refractivity contribution in [3.8, 4) is 6.07 Å². The number of hydrogen-bond donors (Lipinski definition) is 1. The molecule has 0 radical (unpaired) electrons. The Labute approximate surface area is 133 Å². The minimum Gasteiger partial charge on any atom is -0.370 e. The van der Waals surface area contributed by atoms with Crippen LogP contribution in [-0.2, 0) is 6.54 Å². The highest BCUT2D eigenvalue weighted by molar-refractivity contribution is 5.45. The van der Waals surface area contributed by atoms with E-state index in [4.69, 9.17) is 5.26 Å². The zero-order valence-electron chi connectivity index (χ0n) is 13.3. The van der Waals surface area contributed by atoms with Crippen LogP contribution in [0.5, 0.6) is 0 Å². The molecule has 0 saturated carbocycles. The van der Waals surface area contributed by atoms with Gasteiger partial charge >= 0.3 is 0 Å². The van der Waals surface area contributed by atoms with E-state index in [9.17, 15) is 0 Å². The lowest BCUT2D eigenvalue weighted by Gasteiger charge is -2.27. The van der Waals surface area contributed by atoms with Gasteiger partial charge in [-0.25, -0.2) is 0 Å². The minimum atomic E-state index is 0.367. The molecule has 0 aromatic heterocycles. The van der Waals surface area contributed by atoms with Crippen molar-refractivity contribution in [1.29, 1.82) is 5.26 Å². The van der Waals surface area contributed by atoms with Gasteiger partial charge in [-0.15, -0.1) is 0 Å². The Morgan fingerprint density at radius 1 is 1.14 bits per heavy atom. The van der Waals surface area contributed by atoms with Crippen molar-refractivity contribution in [1.82, 2.24) is 5.32 Å². The molecule has 22 heavy (non-hydrogen) atoms. The van der Waals surface area contributed by atoms with Crippen LogP contribution < -0.4 is 10.2 Å². The number of rotatable bonds is 7. The maximum Gasteiger partial charge on any atom is 0.0991 e. The Bertz CT molecular complexity index is 616.